The van der Waals surface area contributed by atoms with Crippen molar-refractivity contribution in [1.82, 2.24) is 0 Å². The Morgan fingerprint density at radius 1 is 1.19 bits per heavy atom. The largest absolute Gasteiger partial charge is 0.324 e. The van der Waals surface area contributed by atoms with Gasteiger partial charge in [0.25, 0.3) is 0 Å². The summed E-state index contributed by atoms with van der Waals surface area (Å²) in [5, 5.41) is 0. The molecule has 1 atom stereocenters. The average Bonchev–Trinajstić information content (AvgIpc) is 2.23. The molecule has 16 heavy (non-hydrogen) atoms. The zero-order valence-corrected chi connectivity index (χ0v) is 9.89. The summed E-state index contributed by atoms with van der Waals surface area (Å²) < 4.78 is 26.5. The Morgan fingerprint density at radius 2 is 1.88 bits per heavy atom. The van der Waals surface area contributed by atoms with Gasteiger partial charge in [0.2, 0.25) is 0 Å². The maximum atomic E-state index is 13.5. The predicted molar refractivity (Wildman–Crippen MR) is 62.2 cm³/mol. The molecule has 0 heterocycles. The first kappa shape index (κ1) is 13.1. The molecule has 3 heteroatoms. The molecule has 0 radical (unpaired) electrons. The lowest BCUT2D eigenvalue weighted by atomic mass is 9.99. The van der Waals surface area contributed by atoms with E-state index in [9.17, 15) is 8.78 Å². The van der Waals surface area contributed by atoms with Crippen LogP contribution in [0.2, 0.25) is 0 Å². The summed E-state index contributed by atoms with van der Waals surface area (Å²) in [6.07, 6.45) is 3.93. The van der Waals surface area contributed by atoms with Crippen LogP contribution < -0.4 is 5.73 Å². The van der Waals surface area contributed by atoms with Gasteiger partial charge < -0.3 is 5.73 Å². The second-order valence-electron chi connectivity index (χ2n) is 4.23. The number of aryl methyl sites for hydroxylation is 1. The van der Waals surface area contributed by atoms with Gasteiger partial charge in [0.1, 0.15) is 11.6 Å². The molecule has 0 aliphatic rings. The quantitative estimate of drug-likeness (QED) is 0.759. The highest BCUT2D eigenvalue weighted by atomic mass is 19.1. The molecule has 0 spiro atoms. The number of benzene rings is 1. The van der Waals surface area contributed by atoms with Crippen LogP contribution in [0.4, 0.5) is 8.78 Å². The molecule has 0 aromatic heterocycles. The Balaban J connectivity index is 2.75. The smallest absolute Gasteiger partial charge is 0.130 e. The minimum atomic E-state index is -0.535. The van der Waals surface area contributed by atoms with E-state index in [0.29, 0.717) is 11.1 Å². The first-order chi connectivity index (χ1) is 7.56. The van der Waals surface area contributed by atoms with E-state index in [0.717, 1.165) is 31.7 Å². The Morgan fingerprint density at radius 3 is 2.50 bits per heavy atom. The van der Waals surface area contributed by atoms with E-state index in [1.807, 2.05) is 0 Å². The highest BCUT2D eigenvalue weighted by Gasteiger charge is 2.13. The molecule has 0 aliphatic heterocycles. The van der Waals surface area contributed by atoms with Gasteiger partial charge in [-0.1, -0.05) is 26.2 Å². The number of hydrogen-bond donors (Lipinski definition) is 1. The maximum Gasteiger partial charge on any atom is 0.130 e. The highest BCUT2D eigenvalue weighted by Crippen LogP contribution is 2.23. The molecule has 0 saturated heterocycles. The maximum absolute atomic E-state index is 13.5. The standard InChI is InChI=1S/C13H19F2N/c1-3-4-5-6-13(16)10-7-9(2)11(14)8-12(10)15/h7-8,13H,3-6,16H2,1-2H3. The molecule has 1 aromatic carbocycles. The van der Waals surface area contributed by atoms with E-state index in [4.69, 9.17) is 5.73 Å². The normalized spacial score (nSPS) is 12.8. The number of unbranched alkanes of at least 4 members (excludes halogenated alkanes) is 2. The van der Waals surface area contributed by atoms with Gasteiger partial charge in [0.15, 0.2) is 0 Å². The average molecular weight is 227 g/mol. The SMILES string of the molecule is CCCCCC(N)c1cc(C)c(F)cc1F. The first-order valence-electron chi connectivity index (χ1n) is 5.77. The monoisotopic (exact) mass is 227 g/mol. The number of nitrogens with two attached hydrogens (primary N) is 1. The lowest BCUT2D eigenvalue weighted by Gasteiger charge is -2.13. The zero-order valence-electron chi connectivity index (χ0n) is 9.89. The van der Waals surface area contributed by atoms with Crippen molar-refractivity contribution in [2.24, 2.45) is 5.73 Å². The molecule has 0 fully saturated rings. The molecule has 90 valence electrons. The van der Waals surface area contributed by atoms with Crippen LogP contribution in [0.3, 0.4) is 0 Å². The van der Waals surface area contributed by atoms with Crippen LogP contribution in [0.25, 0.3) is 0 Å². The van der Waals surface area contributed by atoms with Crippen LogP contribution in [0.5, 0.6) is 0 Å². The third-order valence-corrected chi connectivity index (χ3v) is 2.80. The predicted octanol–water partition coefficient (Wildman–Crippen LogP) is 3.85. The Labute approximate surface area is 95.7 Å². The van der Waals surface area contributed by atoms with Crippen molar-refractivity contribution in [3.8, 4) is 0 Å². The van der Waals surface area contributed by atoms with Gasteiger partial charge >= 0.3 is 0 Å². The van der Waals surface area contributed by atoms with Crippen LogP contribution in [0.15, 0.2) is 12.1 Å². The van der Waals surface area contributed by atoms with Crippen molar-refractivity contribution in [1.29, 1.82) is 0 Å². The Hall–Kier alpha value is -0.960. The molecule has 1 aromatic rings. The molecule has 0 saturated carbocycles. The van der Waals surface area contributed by atoms with Crippen molar-refractivity contribution in [2.45, 2.75) is 45.6 Å². The fourth-order valence-electron chi connectivity index (χ4n) is 1.73. The topological polar surface area (TPSA) is 26.0 Å². The molecule has 0 amide bonds. The van der Waals surface area contributed by atoms with Crippen molar-refractivity contribution >= 4 is 0 Å². The summed E-state index contributed by atoms with van der Waals surface area (Å²) in [6.45, 7) is 3.73. The van der Waals surface area contributed by atoms with Gasteiger partial charge in [-0.05, 0) is 25.0 Å². The fourth-order valence-corrected chi connectivity index (χ4v) is 1.73. The zero-order chi connectivity index (χ0) is 12.1. The lowest BCUT2D eigenvalue weighted by Crippen LogP contribution is -2.12. The molecule has 0 bridgehead atoms. The molecule has 0 aliphatic carbocycles. The Kier molecular flexibility index (Phi) is 4.87. The molecular weight excluding hydrogens is 208 g/mol. The summed E-state index contributed by atoms with van der Waals surface area (Å²) in [5.41, 5.74) is 6.77. The van der Waals surface area contributed by atoms with Crippen LogP contribution in [0, 0.1) is 18.6 Å². The second-order valence-corrected chi connectivity index (χ2v) is 4.23. The van der Waals surface area contributed by atoms with Crippen LogP contribution in [-0.2, 0) is 0 Å². The van der Waals surface area contributed by atoms with Crippen molar-refractivity contribution in [2.75, 3.05) is 0 Å². The molecular formula is C13H19F2N. The lowest BCUT2D eigenvalue weighted by molar-refractivity contribution is 0.524. The Bertz CT molecular complexity index is 350. The van der Waals surface area contributed by atoms with E-state index in [1.165, 1.54) is 6.07 Å². The molecule has 1 unspecified atom stereocenters. The van der Waals surface area contributed by atoms with Crippen LogP contribution in [0.1, 0.15) is 49.8 Å². The summed E-state index contributed by atoms with van der Waals surface area (Å²) in [7, 11) is 0. The van der Waals surface area contributed by atoms with Crippen LogP contribution in [-0.4, -0.2) is 0 Å². The van der Waals surface area contributed by atoms with E-state index < -0.39 is 11.6 Å². The summed E-state index contributed by atoms with van der Waals surface area (Å²) in [6, 6.07) is 2.11. The minimum Gasteiger partial charge on any atom is -0.324 e. The third kappa shape index (κ3) is 3.27. The molecule has 2 N–H and O–H groups in total. The van der Waals surface area contributed by atoms with Crippen molar-refractivity contribution in [3.63, 3.8) is 0 Å². The highest BCUT2D eigenvalue weighted by molar-refractivity contribution is 5.27. The summed E-state index contributed by atoms with van der Waals surface area (Å²) in [4.78, 5) is 0. The molecule has 1 nitrogen and oxygen atoms in total. The second kappa shape index (κ2) is 5.94. The number of halogens is 2. The number of rotatable bonds is 5. The van der Waals surface area contributed by atoms with E-state index >= 15 is 0 Å². The molecule has 1 rings (SSSR count). The van der Waals surface area contributed by atoms with Gasteiger partial charge in [-0.3, -0.25) is 0 Å². The third-order valence-electron chi connectivity index (χ3n) is 2.80. The van der Waals surface area contributed by atoms with Gasteiger partial charge in [0.05, 0.1) is 0 Å². The van der Waals surface area contributed by atoms with Gasteiger partial charge in [0, 0.05) is 17.7 Å². The summed E-state index contributed by atoms with van der Waals surface area (Å²) >= 11 is 0. The minimum absolute atomic E-state index is 0.328. The van der Waals surface area contributed by atoms with E-state index in [1.54, 1.807) is 6.92 Å². The first-order valence-corrected chi connectivity index (χ1v) is 5.77. The van der Waals surface area contributed by atoms with Gasteiger partial charge in [-0.15, -0.1) is 0 Å². The number of hydrogen-bond acceptors (Lipinski definition) is 1. The van der Waals surface area contributed by atoms with Crippen molar-refractivity contribution in [3.05, 3.63) is 34.9 Å². The summed E-state index contributed by atoms with van der Waals surface area (Å²) in [5.74, 6) is -1.05. The van der Waals surface area contributed by atoms with E-state index in [2.05, 4.69) is 6.92 Å². The van der Waals surface area contributed by atoms with Crippen LogP contribution >= 0.6 is 0 Å². The van der Waals surface area contributed by atoms with Gasteiger partial charge in [-0.2, -0.15) is 0 Å². The fraction of sp³-hybridized carbons (Fsp3) is 0.538. The van der Waals surface area contributed by atoms with E-state index in [-0.39, 0.29) is 6.04 Å². The van der Waals surface area contributed by atoms with Gasteiger partial charge in [-0.25, -0.2) is 8.78 Å². The van der Waals surface area contributed by atoms with Crippen molar-refractivity contribution < 1.29 is 8.78 Å².